The Morgan fingerprint density at radius 2 is 1.01 bits per heavy atom. The van der Waals surface area contributed by atoms with E-state index in [0.29, 0.717) is 33.0 Å². The molecule has 0 aromatic heterocycles. The van der Waals surface area contributed by atoms with E-state index >= 15 is 0 Å². The average Bonchev–Trinajstić information content (AvgIpc) is 3.40. The predicted octanol–water partition coefficient (Wildman–Crippen LogP) is -5.21. The van der Waals surface area contributed by atoms with Gasteiger partial charge in [0.15, 0.2) is 30.2 Å². The van der Waals surface area contributed by atoms with Gasteiger partial charge in [-0.05, 0) is 18.6 Å². The van der Waals surface area contributed by atoms with Gasteiger partial charge in [0.2, 0.25) is 23.3 Å². The predicted molar refractivity (Wildman–Crippen MR) is 277 cm³/mol. The molecule has 0 bridgehead atoms. The fraction of sp³-hybridized carbons (Fsp3) is 0.745. The Balaban J connectivity index is 1.91. The molecule has 0 aromatic carbocycles. The zero-order valence-corrected chi connectivity index (χ0v) is 45.3. The molecule has 2 rings (SSSR count). The molecule has 2 heterocycles. The summed E-state index contributed by atoms with van der Waals surface area (Å²) in [5.41, 5.74) is 22.1. The first kappa shape index (κ1) is 69.7. The van der Waals surface area contributed by atoms with Crippen molar-refractivity contribution in [3.8, 4) is 0 Å². The Bertz CT molecular complexity index is 2000. The highest BCUT2D eigenvalue weighted by Crippen LogP contribution is 2.31. The molecule has 0 aliphatic carbocycles. The number of nitrogens with zero attached hydrogens (tertiary/aromatic N) is 3. The van der Waals surface area contributed by atoms with Gasteiger partial charge < -0.3 is 127 Å². The third kappa shape index (κ3) is 27.7. The SMILES string of the molecule is CCCOCCOCCOCCOCCC(=O)N(CCOCCNC(=O)O[C@@H]([C@@H]1OC(C(=O)O)=C[C@H](N=C(N)N)[C@H]1NC(C)=O)[C@H](O)CO)CCOCCOCCNC(=O)O[C@@H]([C@@H]1OC(C(=O)O)=C[C@H](N=C(N)N)[C@H]1C)[C@H](O)CO. The van der Waals surface area contributed by atoms with E-state index < -0.39 is 121 Å². The molecule has 10 atom stereocenters. The minimum Gasteiger partial charge on any atom is -0.479 e. The van der Waals surface area contributed by atoms with Crippen LogP contribution in [0.4, 0.5) is 9.59 Å². The van der Waals surface area contributed by atoms with E-state index in [2.05, 4.69) is 25.9 Å². The molecule has 17 N–H and O–H groups in total. The highest BCUT2D eigenvalue weighted by molar-refractivity contribution is 5.86. The van der Waals surface area contributed by atoms with Gasteiger partial charge in [-0.1, -0.05) is 13.8 Å². The Morgan fingerprint density at radius 1 is 0.613 bits per heavy atom. The topological polar surface area (TPSA) is 493 Å². The lowest BCUT2D eigenvalue weighted by Gasteiger charge is -2.39. The summed E-state index contributed by atoms with van der Waals surface area (Å²) in [5, 5.41) is 67.3. The van der Waals surface area contributed by atoms with Gasteiger partial charge in [-0.25, -0.2) is 29.2 Å². The largest absolute Gasteiger partial charge is 0.479 e. The number of guanidine groups is 2. The van der Waals surface area contributed by atoms with E-state index in [4.69, 9.17) is 75.0 Å². The van der Waals surface area contributed by atoms with Gasteiger partial charge in [-0.2, -0.15) is 0 Å². The number of hydrogen-bond acceptors (Lipinski definition) is 23. The van der Waals surface area contributed by atoms with E-state index in [1.165, 1.54) is 11.0 Å². The van der Waals surface area contributed by atoms with Crippen LogP contribution in [0.25, 0.3) is 0 Å². The Labute approximate surface area is 462 Å². The Morgan fingerprint density at radius 3 is 1.46 bits per heavy atom. The number of nitrogens with one attached hydrogen (secondary N) is 3. The second kappa shape index (κ2) is 39.9. The second-order valence-electron chi connectivity index (χ2n) is 17.5. The molecule has 0 radical (unpaired) electrons. The molecule has 80 heavy (non-hydrogen) atoms. The number of carbonyl (C=O) groups is 6. The van der Waals surface area contributed by atoms with Crippen LogP contribution in [-0.4, -0.2) is 270 Å². The number of aliphatic hydroxyl groups excluding tert-OH is 4. The molecule has 458 valence electrons. The van der Waals surface area contributed by atoms with Crippen molar-refractivity contribution in [3.05, 3.63) is 23.7 Å². The molecule has 0 saturated heterocycles. The number of carboxylic acids is 2. The van der Waals surface area contributed by atoms with Crippen LogP contribution in [0.5, 0.6) is 0 Å². The highest BCUT2D eigenvalue weighted by atomic mass is 16.6. The summed E-state index contributed by atoms with van der Waals surface area (Å²) in [7, 11) is 0. The lowest BCUT2D eigenvalue weighted by Crippen LogP contribution is -2.61. The molecule has 2 aliphatic rings. The lowest BCUT2D eigenvalue weighted by atomic mass is 9.87. The summed E-state index contributed by atoms with van der Waals surface area (Å²) in [4.78, 5) is 84.3. The molecule has 2 aliphatic heterocycles. The fourth-order valence-electron chi connectivity index (χ4n) is 7.48. The summed E-state index contributed by atoms with van der Waals surface area (Å²) in [6.45, 7) is 5.87. The Kier molecular flexibility index (Phi) is 34.8. The number of alkyl carbamates (subject to hydrolysis) is 2. The fourth-order valence-corrected chi connectivity index (χ4v) is 7.48. The molecule has 0 saturated carbocycles. The Hall–Kier alpha value is -6.40. The van der Waals surface area contributed by atoms with Crippen molar-refractivity contribution in [2.75, 3.05) is 132 Å². The molecule has 33 nitrogen and oxygen atoms in total. The number of hydrogen-bond donors (Lipinski definition) is 13. The van der Waals surface area contributed by atoms with Crippen molar-refractivity contribution >= 4 is 47.9 Å². The maximum atomic E-state index is 13.3. The van der Waals surface area contributed by atoms with Crippen molar-refractivity contribution in [2.45, 2.75) is 88.4 Å². The van der Waals surface area contributed by atoms with Crippen LogP contribution in [0.15, 0.2) is 33.7 Å². The van der Waals surface area contributed by atoms with Gasteiger partial charge in [0.25, 0.3) is 0 Å². The van der Waals surface area contributed by atoms with Gasteiger partial charge in [0.1, 0.15) is 18.3 Å². The minimum atomic E-state index is -1.84. The molecular formula is C47H82N10O23. The number of aliphatic carboxylic acids is 2. The van der Waals surface area contributed by atoms with E-state index in [1.807, 2.05) is 6.92 Å². The van der Waals surface area contributed by atoms with Gasteiger partial charge in [0, 0.05) is 45.6 Å². The summed E-state index contributed by atoms with van der Waals surface area (Å²) >= 11 is 0. The smallest absolute Gasteiger partial charge is 0.407 e. The van der Waals surface area contributed by atoms with Crippen molar-refractivity contribution in [1.82, 2.24) is 20.9 Å². The first-order chi connectivity index (χ1) is 38.2. The van der Waals surface area contributed by atoms with Gasteiger partial charge in [-0.3, -0.25) is 9.59 Å². The molecular weight excluding hydrogens is 1070 g/mol. The maximum absolute atomic E-state index is 13.3. The van der Waals surface area contributed by atoms with Crippen LogP contribution in [0, 0.1) is 5.92 Å². The second-order valence-corrected chi connectivity index (χ2v) is 17.5. The standard InChI is InChI=1S/C47H82N10O23/c1-4-10-70-16-20-75-22-23-76-21-17-71-11-5-36(63)57(8-14-72-12-6-52-47(69)80-40(33(62)27-59)41-37(54-29(3)60)31(56-45(50)51)25-35(78-41)43(66)67)9-15-74-19-18-73-13-7-53-46(68)79-39(32(61)26-58)38-28(2)30(55-44(48)49)24-34(77-38)42(64)65/h24-25,28,30-33,37-41,58-59,61-62H,4-23,26-27H2,1-3H3,(H,52,69)(H,53,68)(H,54,60)(H,64,65)(H,66,67)(H4,48,49,55)(H4,50,51,56)/t28-,30+,31+,32-,33-,37-,38-,39-,40-,41-/m1/s1. The summed E-state index contributed by atoms with van der Waals surface area (Å²) < 4.78 is 60.5. The van der Waals surface area contributed by atoms with E-state index in [9.17, 15) is 59.4 Å². The number of carbonyl (C=O) groups excluding carboxylic acids is 4. The molecule has 0 aromatic rings. The monoisotopic (exact) mass is 1150 g/mol. The van der Waals surface area contributed by atoms with Crippen molar-refractivity contribution in [1.29, 1.82) is 0 Å². The lowest BCUT2D eigenvalue weighted by molar-refractivity contribution is -0.147. The zero-order chi connectivity index (χ0) is 59.4. The molecule has 0 spiro atoms. The van der Waals surface area contributed by atoms with E-state index in [-0.39, 0.29) is 104 Å². The van der Waals surface area contributed by atoms with Crippen LogP contribution >= 0.6 is 0 Å². The number of carboxylic acid groups (broad SMARTS) is 2. The van der Waals surface area contributed by atoms with E-state index in [0.717, 1.165) is 19.4 Å². The number of nitrogens with two attached hydrogens (primary N) is 4. The zero-order valence-electron chi connectivity index (χ0n) is 45.3. The molecule has 33 heteroatoms. The third-order valence-corrected chi connectivity index (χ3v) is 11.3. The summed E-state index contributed by atoms with van der Waals surface area (Å²) in [6.07, 6.45) is -8.82. The minimum absolute atomic E-state index is 0.00292. The molecule has 0 unspecified atom stereocenters. The van der Waals surface area contributed by atoms with Crippen LogP contribution in [0.1, 0.15) is 33.6 Å². The number of aliphatic hydroxyl groups is 4. The number of aliphatic imine (C=N–C) groups is 2. The van der Waals surface area contributed by atoms with Gasteiger partial charge in [0.05, 0.1) is 124 Å². The van der Waals surface area contributed by atoms with Crippen molar-refractivity contribution in [3.63, 3.8) is 0 Å². The third-order valence-electron chi connectivity index (χ3n) is 11.3. The van der Waals surface area contributed by atoms with Gasteiger partial charge >= 0.3 is 24.1 Å². The first-order valence-electron chi connectivity index (χ1n) is 25.7. The number of amides is 4. The normalized spacial score (nSPS) is 20.1. The van der Waals surface area contributed by atoms with Crippen LogP contribution < -0.4 is 38.9 Å². The van der Waals surface area contributed by atoms with Crippen LogP contribution in [-0.2, 0) is 71.3 Å². The molecule has 0 fully saturated rings. The van der Waals surface area contributed by atoms with Crippen LogP contribution in [0.3, 0.4) is 0 Å². The quantitative estimate of drug-likeness (QED) is 0.0154. The average molecular weight is 1160 g/mol. The highest BCUT2D eigenvalue weighted by Gasteiger charge is 2.47. The summed E-state index contributed by atoms with van der Waals surface area (Å²) in [6, 6.07) is -3.46. The first-order valence-corrected chi connectivity index (χ1v) is 25.7. The molecule has 4 amide bonds. The summed E-state index contributed by atoms with van der Waals surface area (Å²) in [5.74, 6) is -6.75. The van der Waals surface area contributed by atoms with Crippen molar-refractivity contribution < 1.29 is 112 Å². The van der Waals surface area contributed by atoms with E-state index in [1.54, 1.807) is 6.92 Å². The van der Waals surface area contributed by atoms with Crippen molar-refractivity contribution in [2.24, 2.45) is 38.8 Å². The number of rotatable bonds is 42. The maximum Gasteiger partial charge on any atom is 0.407 e. The van der Waals surface area contributed by atoms with Gasteiger partial charge in [-0.15, -0.1) is 0 Å². The number of ether oxygens (including phenoxy) is 11. The van der Waals surface area contributed by atoms with Crippen LogP contribution in [0.2, 0.25) is 0 Å².